The summed E-state index contributed by atoms with van der Waals surface area (Å²) in [6.07, 6.45) is 4.79. The summed E-state index contributed by atoms with van der Waals surface area (Å²) < 4.78 is 2.04. The van der Waals surface area contributed by atoms with E-state index in [9.17, 15) is 0 Å². The number of nitrogens with zero attached hydrogens (tertiary/aromatic N) is 4. The van der Waals surface area contributed by atoms with Gasteiger partial charge in [0.15, 0.2) is 0 Å². The standard InChI is InChI=1S/C20H21N5/c1-24-18-9-3-2-8-17(18)21-20(24)23-22-16-12-14-6-4-10-25-11-5-7-15(13-16)19(14)25/h2-3,8-9,12-13H,4-7,10-11H2,1H3/p+1. The van der Waals surface area contributed by atoms with E-state index in [1.54, 1.807) is 0 Å². The van der Waals surface area contributed by atoms with Gasteiger partial charge in [0.2, 0.25) is 0 Å². The van der Waals surface area contributed by atoms with Crippen LogP contribution >= 0.6 is 0 Å². The summed E-state index contributed by atoms with van der Waals surface area (Å²) in [7, 11) is 2.02. The maximum absolute atomic E-state index is 4.55. The summed E-state index contributed by atoms with van der Waals surface area (Å²) >= 11 is 0. The zero-order valence-corrected chi connectivity index (χ0v) is 14.5. The number of aryl methyl sites for hydroxylation is 3. The molecule has 3 aromatic rings. The highest BCUT2D eigenvalue weighted by atomic mass is 15.3. The molecule has 0 aliphatic carbocycles. The molecule has 0 saturated heterocycles. The molecule has 2 aliphatic heterocycles. The maximum atomic E-state index is 4.55. The smallest absolute Gasteiger partial charge is 0.371 e. The minimum atomic E-state index is 0.772. The Morgan fingerprint density at radius 2 is 1.72 bits per heavy atom. The predicted molar refractivity (Wildman–Crippen MR) is 98.9 cm³/mol. The van der Waals surface area contributed by atoms with Crippen LogP contribution in [0.4, 0.5) is 17.3 Å². The Labute approximate surface area is 147 Å². The molecule has 5 heteroatoms. The highest BCUT2D eigenvalue weighted by Gasteiger charge is 2.24. The fourth-order valence-electron chi connectivity index (χ4n) is 4.23. The maximum Gasteiger partial charge on any atom is 0.419 e. The summed E-state index contributed by atoms with van der Waals surface area (Å²) in [6, 6.07) is 12.7. The van der Waals surface area contributed by atoms with Gasteiger partial charge >= 0.3 is 5.95 Å². The second-order valence-corrected chi connectivity index (χ2v) is 7.03. The number of benzene rings is 2. The van der Waals surface area contributed by atoms with Gasteiger partial charge in [-0.2, -0.15) is 0 Å². The largest absolute Gasteiger partial charge is 0.419 e. The lowest BCUT2D eigenvalue weighted by molar-refractivity contribution is -0.631. The van der Waals surface area contributed by atoms with E-state index < -0.39 is 0 Å². The molecule has 25 heavy (non-hydrogen) atoms. The van der Waals surface area contributed by atoms with Gasteiger partial charge in [-0.25, -0.2) is 9.55 Å². The second kappa shape index (κ2) is 5.69. The highest BCUT2D eigenvalue weighted by Crippen LogP contribution is 2.38. The highest BCUT2D eigenvalue weighted by molar-refractivity contribution is 5.72. The van der Waals surface area contributed by atoms with Gasteiger partial charge in [-0.1, -0.05) is 17.2 Å². The van der Waals surface area contributed by atoms with Gasteiger partial charge in [0, 0.05) is 23.9 Å². The van der Waals surface area contributed by atoms with Crippen LogP contribution in [0.1, 0.15) is 24.0 Å². The molecule has 0 radical (unpaired) electrons. The van der Waals surface area contributed by atoms with Crippen LogP contribution in [0, 0.1) is 0 Å². The first kappa shape index (κ1) is 14.6. The van der Waals surface area contributed by atoms with Crippen molar-refractivity contribution in [2.24, 2.45) is 17.3 Å². The number of hydrogen-bond donors (Lipinski definition) is 1. The first-order valence-corrected chi connectivity index (χ1v) is 9.09. The van der Waals surface area contributed by atoms with Crippen molar-refractivity contribution in [1.29, 1.82) is 0 Å². The predicted octanol–water partition coefficient (Wildman–Crippen LogP) is 4.11. The van der Waals surface area contributed by atoms with Crippen LogP contribution in [0.15, 0.2) is 46.6 Å². The van der Waals surface area contributed by atoms with Crippen molar-refractivity contribution in [2.75, 3.05) is 18.0 Å². The summed E-state index contributed by atoms with van der Waals surface area (Å²) in [4.78, 5) is 5.89. The van der Waals surface area contributed by atoms with E-state index >= 15 is 0 Å². The summed E-state index contributed by atoms with van der Waals surface area (Å²) in [5, 5.41) is 9.05. The molecule has 1 aromatic heterocycles. The van der Waals surface area contributed by atoms with Crippen LogP contribution < -0.4 is 9.47 Å². The van der Waals surface area contributed by atoms with Crippen LogP contribution in [0.5, 0.6) is 0 Å². The van der Waals surface area contributed by atoms with Crippen LogP contribution in [-0.4, -0.2) is 18.1 Å². The number of rotatable bonds is 2. The lowest BCUT2D eigenvalue weighted by atomic mass is 9.91. The van der Waals surface area contributed by atoms with Crippen molar-refractivity contribution in [3.05, 3.63) is 47.5 Å². The average Bonchev–Trinajstić information content (AvgIpc) is 2.97. The van der Waals surface area contributed by atoms with E-state index in [1.807, 2.05) is 23.7 Å². The molecule has 2 aromatic carbocycles. The molecule has 0 spiro atoms. The molecule has 5 nitrogen and oxygen atoms in total. The summed E-state index contributed by atoms with van der Waals surface area (Å²) in [5.41, 5.74) is 7.54. The fourth-order valence-corrected chi connectivity index (χ4v) is 4.23. The Morgan fingerprint density at radius 3 is 2.44 bits per heavy atom. The molecule has 0 bridgehead atoms. The topological polar surface area (TPSA) is 47.6 Å². The summed E-state index contributed by atoms with van der Waals surface area (Å²) in [5.74, 6) is 0.772. The number of aromatic amines is 1. The molecule has 0 saturated carbocycles. The van der Waals surface area contributed by atoms with E-state index in [0.717, 1.165) is 35.5 Å². The minimum absolute atomic E-state index is 0.772. The van der Waals surface area contributed by atoms with E-state index in [1.165, 1.54) is 42.7 Å². The third-order valence-corrected chi connectivity index (χ3v) is 5.41. The van der Waals surface area contributed by atoms with E-state index in [0.29, 0.717) is 0 Å². The van der Waals surface area contributed by atoms with Gasteiger partial charge in [-0.15, -0.1) is 0 Å². The zero-order chi connectivity index (χ0) is 16.8. The van der Waals surface area contributed by atoms with E-state index in [-0.39, 0.29) is 0 Å². The van der Waals surface area contributed by atoms with Gasteiger partial charge in [0.1, 0.15) is 16.7 Å². The minimum Gasteiger partial charge on any atom is -0.371 e. The van der Waals surface area contributed by atoms with Gasteiger partial charge < -0.3 is 4.90 Å². The van der Waals surface area contributed by atoms with Gasteiger partial charge in [-0.3, -0.25) is 0 Å². The van der Waals surface area contributed by atoms with Gasteiger partial charge in [-0.05, 0) is 61.1 Å². The molecular weight excluding hydrogens is 310 g/mol. The first-order chi connectivity index (χ1) is 12.3. The first-order valence-electron chi connectivity index (χ1n) is 9.09. The third kappa shape index (κ3) is 2.42. The Bertz CT molecular complexity index is 954. The number of aromatic nitrogens is 2. The molecule has 0 unspecified atom stereocenters. The third-order valence-electron chi connectivity index (χ3n) is 5.41. The van der Waals surface area contributed by atoms with Crippen molar-refractivity contribution in [3.63, 3.8) is 0 Å². The number of fused-ring (bicyclic) bond motifs is 1. The van der Waals surface area contributed by atoms with Gasteiger partial charge in [0.05, 0.1) is 7.05 Å². The zero-order valence-electron chi connectivity index (χ0n) is 14.5. The molecule has 0 amide bonds. The molecule has 0 fully saturated rings. The number of anilines is 1. The summed E-state index contributed by atoms with van der Waals surface area (Å²) in [6.45, 7) is 2.40. The van der Waals surface area contributed by atoms with Crippen LogP contribution in [0.2, 0.25) is 0 Å². The number of hydrogen-bond acceptors (Lipinski definition) is 3. The van der Waals surface area contributed by atoms with Crippen molar-refractivity contribution < 1.29 is 4.57 Å². The number of H-pyrrole nitrogens is 1. The number of imidazole rings is 1. The Kier molecular flexibility index (Phi) is 3.33. The normalized spacial score (nSPS) is 16.6. The Balaban J connectivity index is 1.53. The van der Waals surface area contributed by atoms with Crippen molar-refractivity contribution in [2.45, 2.75) is 25.7 Å². The molecule has 0 atom stereocenters. The van der Waals surface area contributed by atoms with E-state index in [2.05, 4.69) is 44.4 Å². The SMILES string of the molecule is C[n+]1c(N=Nc2cc3c4c(c2)CCCN4CCC3)[nH]c2ccccc21. The van der Waals surface area contributed by atoms with Gasteiger partial charge in [0.25, 0.3) is 0 Å². The molecule has 1 N–H and O–H groups in total. The fraction of sp³-hybridized carbons (Fsp3) is 0.350. The lowest BCUT2D eigenvalue weighted by Gasteiger charge is -2.36. The quantitative estimate of drug-likeness (QED) is 0.557. The van der Waals surface area contributed by atoms with Crippen molar-refractivity contribution in [3.8, 4) is 0 Å². The molecule has 126 valence electrons. The molecular formula is C20H22N5+. The van der Waals surface area contributed by atoms with Crippen molar-refractivity contribution in [1.82, 2.24) is 4.98 Å². The molecule has 5 rings (SSSR count). The number of para-hydroxylation sites is 2. The van der Waals surface area contributed by atoms with Crippen LogP contribution in [0.25, 0.3) is 11.0 Å². The molecule has 2 aliphatic rings. The number of azo groups is 1. The van der Waals surface area contributed by atoms with Crippen molar-refractivity contribution >= 4 is 28.4 Å². The lowest BCUT2D eigenvalue weighted by Crippen LogP contribution is -2.34. The van der Waals surface area contributed by atoms with Crippen LogP contribution in [0.3, 0.4) is 0 Å². The monoisotopic (exact) mass is 332 g/mol. The van der Waals surface area contributed by atoms with Crippen LogP contribution in [-0.2, 0) is 19.9 Å². The number of nitrogens with one attached hydrogen (secondary N) is 1. The van der Waals surface area contributed by atoms with E-state index in [4.69, 9.17) is 0 Å². The molecule has 3 heterocycles. The second-order valence-electron chi connectivity index (χ2n) is 7.03. The Hall–Kier alpha value is -2.69. The average molecular weight is 332 g/mol. The Morgan fingerprint density at radius 1 is 1.00 bits per heavy atom.